The third kappa shape index (κ3) is 5.00. The summed E-state index contributed by atoms with van der Waals surface area (Å²) < 4.78 is 5.73. The molecule has 3 aromatic carbocycles. The number of benzene rings is 3. The van der Waals surface area contributed by atoms with E-state index in [1.54, 1.807) is 42.5 Å². The van der Waals surface area contributed by atoms with Crippen molar-refractivity contribution in [3.05, 3.63) is 93.5 Å². The monoisotopic (exact) mass is 482 g/mol. The molecule has 1 aliphatic rings. The highest BCUT2D eigenvalue weighted by atomic mass is 35.5. The second-order valence-corrected chi connectivity index (χ2v) is 7.91. The van der Waals surface area contributed by atoms with Crippen molar-refractivity contribution >= 4 is 52.8 Å². The Morgan fingerprint density at radius 3 is 2.30 bits per heavy atom. The molecule has 0 spiro atoms. The van der Waals surface area contributed by atoms with E-state index in [2.05, 4.69) is 5.32 Å². The normalized spacial score (nSPS) is 15.0. The zero-order valence-electron chi connectivity index (χ0n) is 16.9. The number of rotatable bonds is 5. The molecule has 0 unspecified atom stereocenters. The van der Waals surface area contributed by atoms with Crippen molar-refractivity contribution in [2.24, 2.45) is 0 Å². The topological polar surface area (TPSA) is 95.9 Å². The summed E-state index contributed by atoms with van der Waals surface area (Å²) in [6.07, 6.45) is 1.39. The smallest absolute Gasteiger partial charge is 0.335 e. The summed E-state index contributed by atoms with van der Waals surface area (Å²) in [7, 11) is 0. The average Bonchev–Trinajstić information content (AvgIpc) is 2.78. The van der Waals surface area contributed by atoms with E-state index in [1.165, 1.54) is 30.3 Å². The minimum Gasteiger partial charge on any atom is -0.508 e. The Kier molecular flexibility index (Phi) is 6.35. The summed E-state index contributed by atoms with van der Waals surface area (Å²) in [6.45, 7) is 0.237. The van der Waals surface area contributed by atoms with Crippen molar-refractivity contribution < 1.29 is 24.2 Å². The lowest BCUT2D eigenvalue weighted by Crippen LogP contribution is -2.54. The molecule has 0 atom stereocenters. The molecular weight excluding hydrogens is 467 g/mol. The number of carbonyl (C=O) groups excluding carboxylic acids is 3. The third-order valence-corrected chi connectivity index (χ3v) is 5.40. The highest BCUT2D eigenvalue weighted by Crippen LogP contribution is 2.25. The van der Waals surface area contributed by atoms with Crippen LogP contribution in [-0.2, 0) is 16.2 Å². The van der Waals surface area contributed by atoms with Gasteiger partial charge in [-0.25, -0.2) is 9.69 Å². The van der Waals surface area contributed by atoms with Crippen LogP contribution < -0.4 is 15.0 Å². The number of aromatic hydroxyl groups is 1. The molecule has 166 valence electrons. The number of hydrogen-bond acceptors (Lipinski definition) is 5. The number of halogens is 2. The Labute approximate surface area is 198 Å². The van der Waals surface area contributed by atoms with E-state index in [1.807, 2.05) is 0 Å². The first kappa shape index (κ1) is 22.4. The number of urea groups is 1. The first-order chi connectivity index (χ1) is 15.8. The number of barbiturate groups is 1. The molecule has 1 fully saturated rings. The van der Waals surface area contributed by atoms with Crippen LogP contribution in [0.3, 0.4) is 0 Å². The summed E-state index contributed by atoms with van der Waals surface area (Å²) in [5, 5.41) is 12.6. The predicted molar refractivity (Wildman–Crippen MR) is 124 cm³/mol. The molecule has 2 N–H and O–H groups in total. The lowest BCUT2D eigenvalue weighted by atomic mass is 10.1. The number of amides is 4. The van der Waals surface area contributed by atoms with Crippen LogP contribution in [-0.4, -0.2) is 23.0 Å². The minimum atomic E-state index is -0.863. The van der Waals surface area contributed by atoms with Crippen LogP contribution in [0, 0.1) is 0 Å². The summed E-state index contributed by atoms with van der Waals surface area (Å²) in [6, 6.07) is 16.5. The van der Waals surface area contributed by atoms with E-state index >= 15 is 0 Å². The van der Waals surface area contributed by atoms with Gasteiger partial charge in [0.1, 0.15) is 23.7 Å². The van der Waals surface area contributed by atoms with E-state index in [-0.39, 0.29) is 23.6 Å². The highest BCUT2D eigenvalue weighted by molar-refractivity contribution is 6.39. The fourth-order valence-electron chi connectivity index (χ4n) is 3.12. The quantitative estimate of drug-likeness (QED) is 0.396. The van der Waals surface area contributed by atoms with Crippen LogP contribution in [0.2, 0.25) is 10.0 Å². The number of carbonyl (C=O) groups is 3. The number of ether oxygens (including phenoxy) is 1. The molecule has 1 heterocycles. The molecule has 0 radical (unpaired) electrons. The predicted octanol–water partition coefficient (Wildman–Crippen LogP) is 4.94. The van der Waals surface area contributed by atoms with Gasteiger partial charge in [-0.3, -0.25) is 14.9 Å². The Bertz CT molecular complexity index is 1270. The summed E-state index contributed by atoms with van der Waals surface area (Å²) in [5.41, 5.74) is 1.35. The summed E-state index contributed by atoms with van der Waals surface area (Å²) in [4.78, 5) is 38.2. The van der Waals surface area contributed by atoms with Gasteiger partial charge >= 0.3 is 6.03 Å². The molecule has 0 aromatic heterocycles. The summed E-state index contributed by atoms with van der Waals surface area (Å²) in [5.74, 6) is -1.02. The zero-order chi connectivity index (χ0) is 23.5. The van der Waals surface area contributed by atoms with Gasteiger partial charge in [-0.15, -0.1) is 0 Å². The molecule has 0 saturated carbocycles. The number of anilines is 1. The first-order valence-corrected chi connectivity index (χ1v) is 10.4. The molecule has 3 aromatic rings. The number of phenols is 1. The van der Waals surface area contributed by atoms with Crippen molar-refractivity contribution in [3.8, 4) is 11.5 Å². The molecule has 7 nitrogen and oxygen atoms in total. The second kappa shape index (κ2) is 9.36. The van der Waals surface area contributed by atoms with Crippen molar-refractivity contribution in [2.45, 2.75) is 6.61 Å². The maximum atomic E-state index is 12.9. The molecule has 0 bridgehead atoms. The van der Waals surface area contributed by atoms with Crippen molar-refractivity contribution in [1.82, 2.24) is 5.32 Å². The number of phenolic OH excluding ortho intramolecular Hbond substituents is 1. The van der Waals surface area contributed by atoms with Gasteiger partial charge in [0, 0.05) is 15.6 Å². The van der Waals surface area contributed by atoms with E-state index in [4.69, 9.17) is 27.9 Å². The van der Waals surface area contributed by atoms with Gasteiger partial charge < -0.3 is 9.84 Å². The van der Waals surface area contributed by atoms with Gasteiger partial charge in [0.05, 0.1) is 5.69 Å². The van der Waals surface area contributed by atoms with Crippen molar-refractivity contribution in [2.75, 3.05) is 4.90 Å². The van der Waals surface area contributed by atoms with Crippen LogP contribution in [0.25, 0.3) is 6.08 Å². The fourth-order valence-corrected chi connectivity index (χ4v) is 3.58. The van der Waals surface area contributed by atoms with Crippen molar-refractivity contribution in [1.29, 1.82) is 0 Å². The van der Waals surface area contributed by atoms with Crippen LogP contribution in [0.5, 0.6) is 11.5 Å². The Balaban J connectivity index is 1.51. The van der Waals surface area contributed by atoms with E-state index < -0.39 is 17.8 Å². The largest absolute Gasteiger partial charge is 0.508 e. The third-order valence-electron chi connectivity index (χ3n) is 4.81. The summed E-state index contributed by atoms with van der Waals surface area (Å²) >= 11 is 12.0. The molecule has 0 aliphatic carbocycles. The number of hydrogen-bond donors (Lipinski definition) is 2. The van der Waals surface area contributed by atoms with Gasteiger partial charge in [0.2, 0.25) is 0 Å². The number of nitrogens with one attached hydrogen (secondary N) is 1. The SMILES string of the molecule is O=C1NC(=O)N(c2ccc(O)cc2)C(=O)C1=Cc1ccc(OCc2ccc(Cl)cc2Cl)cc1. The van der Waals surface area contributed by atoms with Crippen LogP contribution in [0.1, 0.15) is 11.1 Å². The van der Waals surface area contributed by atoms with Gasteiger partial charge in [0.25, 0.3) is 11.8 Å². The van der Waals surface area contributed by atoms with Gasteiger partial charge in [-0.1, -0.05) is 41.4 Å². The van der Waals surface area contributed by atoms with Crippen LogP contribution in [0.4, 0.5) is 10.5 Å². The molecule has 1 aliphatic heterocycles. The van der Waals surface area contributed by atoms with Crippen LogP contribution >= 0.6 is 23.2 Å². The average molecular weight is 483 g/mol. The highest BCUT2D eigenvalue weighted by Gasteiger charge is 2.36. The maximum absolute atomic E-state index is 12.9. The number of imide groups is 2. The molecule has 4 rings (SSSR count). The molecule has 9 heteroatoms. The second-order valence-electron chi connectivity index (χ2n) is 7.07. The fraction of sp³-hybridized carbons (Fsp3) is 0.0417. The lowest BCUT2D eigenvalue weighted by Gasteiger charge is -2.26. The molecule has 1 saturated heterocycles. The van der Waals surface area contributed by atoms with E-state index in [0.29, 0.717) is 21.4 Å². The lowest BCUT2D eigenvalue weighted by molar-refractivity contribution is -0.122. The van der Waals surface area contributed by atoms with Gasteiger partial charge in [0.15, 0.2) is 0 Å². The standard InChI is InChI=1S/C24H16Cl2N2O5/c25-16-4-3-15(21(26)12-16)13-33-19-9-1-14(2-10-19)11-20-22(30)27-24(32)28(23(20)31)17-5-7-18(29)8-6-17/h1-12,29H,13H2,(H,27,30,32). The first-order valence-electron chi connectivity index (χ1n) is 9.69. The van der Waals surface area contributed by atoms with E-state index in [9.17, 15) is 19.5 Å². The Morgan fingerprint density at radius 2 is 1.64 bits per heavy atom. The maximum Gasteiger partial charge on any atom is 0.335 e. The minimum absolute atomic E-state index is 0.0175. The van der Waals surface area contributed by atoms with E-state index in [0.717, 1.165) is 10.5 Å². The Hall–Kier alpha value is -3.81. The van der Waals surface area contributed by atoms with Gasteiger partial charge in [-0.05, 0) is 60.2 Å². The van der Waals surface area contributed by atoms with Gasteiger partial charge in [-0.2, -0.15) is 0 Å². The molecular formula is C24H16Cl2N2O5. The molecule has 4 amide bonds. The molecule has 33 heavy (non-hydrogen) atoms. The van der Waals surface area contributed by atoms with Crippen LogP contribution in [0.15, 0.2) is 72.3 Å². The number of nitrogens with zero attached hydrogens (tertiary/aromatic N) is 1. The van der Waals surface area contributed by atoms with Crippen molar-refractivity contribution in [3.63, 3.8) is 0 Å². The zero-order valence-corrected chi connectivity index (χ0v) is 18.4. The Morgan fingerprint density at radius 1 is 0.939 bits per heavy atom.